The molecule has 264 valence electrons. The van der Waals surface area contributed by atoms with Gasteiger partial charge in [0.25, 0.3) is 5.91 Å². The number of rotatable bonds is 18. The number of carbonyl (C=O) groups is 3. The number of hydrogen-bond donors (Lipinski definition) is 4. The zero-order valence-corrected chi connectivity index (χ0v) is 30.1. The number of anilines is 2. The molecular formula is C36H58N4O7. The van der Waals surface area contributed by atoms with Crippen molar-refractivity contribution in [1.82, 2.24) is 11.0 Å². The van der Waals surface area contributed by atoms with Gasteiger partial charge in [-0.1, -0.05) is 85.8 Å². The fourth-order valence-corrected chi connectivity index (χ4v) is 4.27. The molecule has 4 N–H and O–H groups in total. The molecule has 2 aromatic carbocycles. The Labute approximate surface area is 282 Å². The lowest BCUT2D eigenvalue weighted by Gasteiger charge is -2.31. The van der Waals surface area contributed by atoms with E-state index in [9.17, 15) is 14.4 Å². The zero-order chi connectivity index (χ0) is 35.9. The van der Waals surface area contributed by atoms with Crippen molar-refractivity contribution in [2.75, 3.05) is 30.1 Å². The van der Waals surface area contributed by atoms with E-state index in [0.29, 0.717) is 18.3 Å². The van der Waals surface area contributed by atoms with Gasteiger partial charge in [0, 0.05) is 31.8 Å². The Morgan fingerprint density at radius 2 is 1.45 bits per heavy atom. The Bertz CT molecular complexity index is 1210. The Kier molecular flexibility index (Phi) is 22.2. The predicted octanol–water partition coefficient (Wildman–Crippen LogP) is 7.01. The smallest absolute Gasteiger partial charge is 0.340 e. The van der Waals surface area contributed by atoms with Gasteiger partial charge in [0.1, 0.15) is 0 Å². The lowest BCUT2D eigenvalue weighted by atomic mass is 10.0. The molecule has 0 fully saturated rings. The van der Waals surface area contributed by atoms with Gasteiger partial charge in [-0.3, -0.25) is 19.6 Å². The quantitative estimate of drug-likeness (QED) is 0.0752. The second kappa shape index (κ2) is 24.3. The van der Waals surface area contributed by atoms with Gasteiger partial charge in [-0.2, -0.15) is 0 Å². The molecule has 0 aliphatic rings. The van der Waals surface area contributed by atoms with Gasteiger partial charge in [0.15, 0.2) is 6.10 Å². The number of benzene rings is 2. The van der Waals surface area contributed by atoms with Crippen molar-refractivity contribution in [2.45, 2.75) is 94.7 Å². The first-order valence-corrected chi connectivity index (χ1v) is 16.4. The van der Waals surface area contributed by atoms with Gasteiger partial charge < -0.3 is 25.0 Å². The lowest BCUT2D eigenvalue weighted by molar-refractivity contribution is -0.172. The van der Waals surface area contributed by atoms with Gasteiger partial charge in [0.2, 0.25) is 6.79 Å². The number of aryl methyl sites for hydroxylation is 1. The molecule has 0 bridgehead atoms. The van der Waals surface area contributed by atoms with E-state index in [1.165, 1.54) is 12.6 Å². The van der Waals surface area contributed by atoms with Crippen LogP contribution in [-0.4, -0.2) is 49.0 Å². The molecule has 0 saturated carbocycles. The third kappa shape index (κ3) is 17.5. The van der Waals surface area contributed by atoms with Gasteiger partial charge in [0.05, 0.1) is 16.9 Å². The van der Waals surface area contributed by atoms with E-state index in [2.05, 4.69) is 60.7 Å². The Morgan fingerprint density at radius 1 is 0.872 bits per heavy atom. The summed E-state index contributed by atoms with van der Waals surface area (Å²) in [6.45, 7) is 25.8. The summed E-state index contributed by atoms with van der Waals surface area (Å²) in [6.07, 6.45) is -0.298. The average Bonchev–Trinajstić information content (AvgIpc) is 3.04. The highest BCUT2D eigenvalue weighted by Gasteiger charge is 2.17. The minimum atomic E-state index is -0.890. The number of nitrogens with zero attached hydrogens (tertiary/aromatic N) is 1. The number of carbonyl (C=O) groups excluding carboxylic acids is 3. The molecule has 0 aliphatic heterocycles. The number of amides is 1. The summed E-state index contributed by atoms with van der Waals surface area (Å²) in [4.78, 5) is 43.5. The number of nitrogens with one attached hydrogen (secondary N) is 3. The van der Waals surface area contributed by atoms with Gasteiger partial charge in [-0.05, 0) is 67.5 Å². The molecule has 2 rings (SSSR count). The van der Waals surface area contributed by atoms with E-state index in [1.54, 1.807) is 24.3 Å². The molecule has 1 atom stereocenters. The first-order valence-electron chi connectivity index (χ1n) is 16.4. The predicted molar refractivity (Wildman–Crippen MR) is 188 cm³/mol. The first kappa shape index (κ1) is 43.1. The van der Waals surface area contributed by atoms with Crippen molar-refractivity contribution in [1.29, 1.82) is 0 Å². The van der Waals surface area contributed by atoms with Crippen molar-refractivity contribution in [2.24, 2.45) is 11.8 Å². The van der Waals surface area contributed by atoms with Crippen LogP contribution in [0.4, 0.5) is 11.4 Å². The monoisotopic (exact) mass is 658 g/mol. The summed E-state index contributed by atoms with van der Waals surface area (Å²) in [5.41, 5.74) is 6.33. The van der Waals surface area contributed by atoms with Crippen LogP contribution in [0.5, 0.6) is 0 Å². The molecule has 0 aliphatic carbocycles. The van der Waals surface area contributed by atoms with Crippen LogP contribution in [0.1, 0.15) is 97.1 Å². The van der Waals surface area contributed by atoms with Crippen LogP contribution in [0.25, 0.3) is 0 Å². The van der Waals surface area contributed by atoms with Crippen LogP contribution >= 0.6 is 0 Å². The molecule has 11 nitrogen and oxygen atoms in total. The fourth-order valence-electron chi connectivity index (χ4n) is 4.27. The normalized spacial score (nSPS) is 10.9. The summed E-state index contributed by atoms with van der Waals surface area (Å²) in [7, 11) is 0. The van der Waals surface area contributed by atoms with Crippen LogP contribution in [0.15, 0.2) is 54.7 Å². The fraction of sp³-hybridized carbons (Fsp3) is 0.528. The Hall–Kier alpha value is -3.93. The van der Waals surface area contributed by atoms with Crippen molar-refractivity contribution in [3.8, 4) is 0 Å². The maximum absolute atomic E-state index is 12.4. The molecule has 1 unspecified atom stereocenters. The molecule has 47 heavy (non-hydrogen) atoms. The Morgan fingerprint density at radius 3 is 1.98 bits per heavy atom. The lowest BCUT2D eigenvalue weighted by Crippen LogP contribution is -2.36. The van der Waals surface area contributed by atoms with Crippen LogP contribution in [-0.2, 0) is 36.9 Å². The summed E-state index contributed by atoms with van der Waals surface area (Å²) >= 11 is 0. The minimum Gasteiger partial charge on any atom is -0.428 e. The molecule has 0 spiro atoms. The summed E-state index contributed by atoms with van der Waals surface area (Å²) in [6, 6.07) is 12.6. The summed E-state index contributed by atoms with van der Waals surface area (Å²) < 4.78 is 10.2. The average molecular weight is 659 g/mol. The molecule has 2 aromatic rings. The van der Waals surface area contributed by atoms with Crippen LogP contribution < -0.4 is 21.2 Å². The minimum absolute atomic E-state index is 0.129. The van der Waals surface area contributed by atoms with Gasteiger partial charge >= 0.3 is 11.9 Å². The van der Waals surface area contributed by atoms with E-state index in [4.69, 9.17) is 14.7 Å². The third-order valence-electron chi connectivity index (χ3n) is 6.20. The van der Waals surface area contributed by atoms with Crippen molar-refractivity contribution >= 4 is 29.2 Å². The highest BCUT2D eigenvalue weighted by atomic mass is 16.8. The number of hydrogen-bond acceptors (Lipinski definition) is 10. The van der Waals surface area contributed by atoms with Crippen LogP contribution in [0.3, 0.4) is 0 Å². The summed E-state index contributed by atoms with van der Waals surface area (Å²) in [5.74, 6) is -0.548. The second-order valence-corrected chi connectivity index (χ2v) is 11.3. The zero-order valence-electron chi connectivity index (χ0n) is 30.1. The van der Waals surface area contributed by atoms with E-state index in [-0.39, 0.29) is 18.5 Å². The van der Waals surface area contributed by atoms with E-state index >= 15 is 0 Å². The van der Waals surface area contributed by atoms with Gasteiger partial charge in [-0.15, -0.1) is 0 Å². The maximum atomic E-state index is 12.4. The topological polar surface area (TPSA) is 138 Å². The maximum Gasteiger partial charge on any atom is 0.340 e. The largest absolute Gasteiger partial charge is 0.428 e. The SMILES string of the molecule is C=C(C)Nc1cc(CCC(=O)OCOC(=O)c2ccc(CNC(=O)C(C)ONO)cc2)ccc1N(CC(C)C)CC(C)C.CC.CC. The highest BCUT2D eigenvalue weighted by molar-refractivity contribution is 5.89. The Balaban J connectivity index is 0.00000508. The number of allylic oxidation sites excluding steroid dienone is 1. The molecule has 1 amide bonds. The standard InChI is InChI=1S/C32H46N4O7.2C2H6/c1-21(2)18-36(19-22(3)4)29-14-10-25(16-28(29)34-23(5)6)11-15-30(37)41-20-42-32(39)27-12-8-26(9-13-27)17-33-31(38)24(7)43-35-40;2*1-2/h8-10,12-14,16,21-22,24,34-35,40H,5,11,15,17-20H2,1-4,6-7H3,(H,33,38);2*1-2H3. The van der Waals surface area contributed by atoms with Crippen molar-refractivity contribution in [3.05, 3.63) is 71.4 Å². The number of esters is 2. The van der Waals surface area contributed by atoms with E-state index in [1.807, 2.05) is 46.8 Å². The van der Waals surface area contributed by atoms with E-state index < -0.39 is 30.7 Å². The van der Waals surface area contributed by atoms with Gasteiger partial charge in [-0.25, -0.2) is 4.79 Å². The number of ether oxygens (including phenoxy) is 2. The molecule has 0 saturated heterocycles. The highest BCUT2D eigenvalue weighted by Crippen LogP contribution is 2.30. The second-order valence-electron chi connectivity index (χ2n) is 11.3. The van der Waals surface area contributed by atoms with Crippen molar-refractivity contribution < 1.29 is 33.9 Å². The summed E-state index contributed by atoms with van der Waals surface area (Å²) in [5, 5.41) is 14.5. The van der Waals surface area contributed by atoms with Crippen LogP contribution in [0, 0.1) is 11.8 Å². The molecule has 0 heterocycles. The first-order chi connectivity index (χ1) is 22.4. The molecule has 11 heteroatoms. The molecular weight excluding hydrogens is 600 g/mol. The van der Waals surface area contributed by atoms with E-state index in [0.717, 1.165) is 41.3 Å². The molecule has 0 aromatic heterocycles. The molecule has 0 radical (unpaired) electrons. The third-order valence-corrected chi connectivity index (χ3v) is 6.20. The van der Waals surface area contributed by atoms with Crippen molar-refractivity contribution in [3.63, 3.8) is 0 Å². The van der Waals surface area contributed by atoms with Crippen LogP contribution in [0.2, 0.25) is 0 Å².